The molecule has 1 aliphatic rings. The zero-order valence-electron chi connectivity index (χ0n) is 16.5. The first-order valence-corrected chi connectivity index (χ1v) is 9.71. The van der Waals surface area contributed by atoms with Crippen LogP contribution < -0.4 is 10.1 Å². The van der Waals surface area contributed by atoms with Gasteiger partial charge < -0.3 is 19.9 Å². The van der Waals surface area contributed by atoms with Gasteiger partial charge in [-0.25, -0.2) is 19.7 Å². The number of nitrogens with one attached hydrogen (secondary N) is 1. The van der Waals surface area contributed by atoms with Crippen LogP contribution in [-0.2, 0) is 4.74 Å². The van der Waals surface area contributed by atoms with Crippen LogP contribution in [0.2, 0.25) is 0 Å². The van der Waals surface area contributed by atoms with Gasteiger partial charge in [-0.05, 0) is 36.4 Å². The zero-order chi connectivity index (χ0) is 21.6. The summed E-state index contributed by atoms with van der Waals surface area (Å²) in [6.07, 6.45) is 4.64. The quantitative estimate of drug-likeness (QED) is 0.619. The molecule has 0 bridgehead atoms. The predicted molar refractivity (Wildman–Crippen MR) is 111 cm³/mol. The van der Waals surface area contributed by atoms with Crippen LogP contribution in [-0.4, -0.2) is 45.3 Å². The number of pyridine rings is 1. The van der Waals surface area contributed by atoms with Gasteiger partial charge in [-0.1, -0.05) is 0 Å². The molecular formula is C22H19N5O4. The minimum atomic E-state index is -1.10. The van der Waals surface area contributed by atoms with E-state index in [1.165, 1.54) is 12.3 Å². The lowest BCUT2D eigenvalue weighted by atomic mass is 10.1. The normalized spacial score (nSPS) is 13.9. The minimum Gasteiger partial charge on any atom is -0.489 e. The zero-order valence-corrected chi connectivity index (χ0v) is 16.5. The molecule has 1 aromatic carbocycles. The molecule has 1 saturated heterocycles. The van der Waals surface area contributed by atoms with Crippen LogP contribution in [0.5, 0.6) is 5.75 Å². The summed E-state index contributed by atoms with van der Waals surface area (Å²) in [5.41, 5.74) is 2.32. The van der Waals surface area contributed by atoms with Crippen LogP contribution >= 0.6 is 0 Å². The Labute approximate surface area is 178 Å². The Kier molecular flexibility index (Phi) is 6.01. The van der Waals surface area contributed by atoms with Crippen LogP contribution in [0.25, 0.3) is 11.3 Å². The van der Waals surface area contributed by atoms with Crippen molar-refractivity contribution in [3.63, 3.8) is 0 Å². The number of anilines is 2. The summed E-state index contributed by atoms with van der Waals surface area (Å²) >= 11 is 0. The number of benzene rings is 1. The smallest absolute Gasteiger partial charge is 0.354 e. The summed E-state index contributed by atoms with van der Waals surface area (Å²) in [4.78, 5) is 23.4. The van der Waals surface area contributed by atoms with Crippen LogP contribution in [0, 0.1) is 11.3 Å². The maximum Gasteiger partial charge on any atom is 0.354 e. The van der Waals surface area contributed by atoms with Gasteiger partial charge in [0.25, 0.3) is 0 Å². The number of hydrogen-bond donors (Lipinski definition) is 2. The fraction of sp³-hybridized carbons (Fsp3) is 0.227. The molecule has 1 aliphatic heterocycles. The van der Waals surface area contributed by atoms with Gasteiger partial charge in [0, 0.05) is 24.6 Å². The molecule has 31 heavy (non-hydrogen) atoms. The fourth-order valence-corrected chi connectivity index (χ4v) is 3.16. The largest absolute Gasteiger partial charge is 0.489 e. The van der Waals surface area contributed by atoms with E-state index in [-0.39, 0.29) is 11.8 Å². The lowest BCUT2D eigenvalue weighted by Gasteiger charge is -2.23. The second-order valence-electron chi connectivity index (χ2n) is 6.88. The van der Waals surface area contributed by atoms with Crippen molar-refractivity contribution >= 4 is 17.6 Å². The number of nitriles is 1. The van der Waals surface area contributed by atoms with Gasteiger partial charge in [-0.2, -0.15) is 5.26 Å². The second kappa shape index (κ2) is 9.19. The van der Waals surface area contributed by atoms with Crippen molar-refractivity contribution in [1.29, 1.82) is 5.26 Å². The van der Waals surface area contributed by atoms with Gasteiger partial charge in [0.1, 0.15) is 23.6 Å². The van der Waals surface area contributed by atoms with Crippen LogP contribution in [0.4, 0.5) is 11.6 Å². The standard InChI is InChI=1S/C22H19N5O4/c23-12-15-11-14(1-4-20(15)31-17-6-9-30-10-7-17)18-5-8-24-22(27-18)26-16-2-3-19(21(28)29)25-13-16/h1-5,8,11,13,17H,6-7,9-10H2,(H,28,29)(H,24,26,27). The molecule has 0 unspecified atom stereocenters. The third-order valence-corrected chi connectivity index (χ3v) is 4.75. The van der Waals surface area contributed by atoms with Gasteiger partial charge >= 0.3 is 5.97 Å². The van der Waals surface area contributed by atoms with E-state index in [0.717, 1.165) is 18.4 Å². The van der Waals surface area contributed by atoms with Crippen molar-refractivity contribution in [2.45, 2.75) is 18.9 Å². The number of ether oxygens (including phenoxy) is 2. The number of rotatable bonds is 6. The Balaban J connectivity index is 1.52. The molecule has 0 saturated carbocycles. The highest BCUT2D eigenvalue weighted by molar-refractivity contribution is 5.85. The second-order valence-corrected chi connectivity index (χ2v) is 6.88. The summed E-state index contributed by atoms with van der Waals surface area (Å²) in [5.74, 6) is -0.221. The molecule has 2 aromatic heterocycles. The van der Waals surface area contributed by atoms with Gasteiger partial charge in [0.2, 0.25) is 5.95 Å². The first-order chi connectivity index (χ1) is 15.1. The molecule has 0 spiro atoms. The number of hydrogen-bond acceptors (Lipinski definition) is 8. The number of aromatic carboxylic acids is 1. The monoisotopic (exact) mass is 417 g/mol. The lowest BCUT2D eigenvalue weighted by molar-refractivity contribution is 0.0254. The lowest BCUT2D eigenvalue weighted by Crippen LogP contribution is -2.26. The third-order valence-electron chi connectivity index (χ3n) is 4.75. The molecule has 1 fully saturated rings. The van der Waals surface area contributed by atoms with E-state index in [2.05, 4.69) is 26.3 Å². The summed E-state index contributed by atoms with van der Waals surface area (Å²) in [6, 6.07) is 12.3. The van der Waals surface area contributed by atoms with E-state index in [4.69, 9.17) is 14.6 Å². The van der Waals surface area contributed by atoms with Gasteiger partial charge in [0.15, 0.2) is 0 Å². The Bertz CT molecular complexity index is 1120. The van der Waals surface area contributed by atoms with Crippen molar-refractivity contribution < 1.29 is 19.4 Å². The highest BCUT2D eigenvalue weighted by atomic mass is 16.5. The molecule has 2 N–H and O–H groups in total. The summed E-state index contributed by atoms with van der Waals surface area (Å²) in [7, 11) is 0. The number of aromatic nitrogens is 3. The highest BCUT2D eigenvalue weighted by Gasteiger charge is 2.17. The maximum absolute atomic E-state index is 10.9. The van der Waals surface area contributed by atoms with E-state index in [9.17, 15) is 10.1 Å². The van der Waals surface area contributed by atoms with Crippen molar-refractivity contribution in [2.75, 3.05) is 18.5 Å². The predicted octanol–water partition coefficient (Wildman–Crippen LogP) is 3.41. The molecule has 0 amide bonds. The summed E-state index contributed by atoms with van der Waals surface area (Å²) in [5, 5.41) is 21.5. The number of carboxylic acid groups (broad SMARTS) is 1. The fourth-order valence-electron chi connectivity index (χ4n) is 3.16. The van der Waals surface area contributed by atoms with E-state index in [1.54, 1.807) is 30.5 Å². The van der Waals surface area contributed by atoms with Crippen LogP contribution in [0.15, 0.2) is 48.8 Å². The first-order valence-electron chi connectivity index (χ1n) is 9.71. The molecule has 156 valence electrons. The Morgan fingerprint density at radius 2 is 2.03 bits per heavy atom. The summed E-state index contributed by atoms with van der Waals surface area (Å²) < 4.78 is 11.3. The van der Waals surface area contributed by atoms with Crippen molar-refractivity contribution in [1.82, 2.24) is 15.0 Å². The molecule has 3 heterocycles. The number of carbonyl (C=O) groups is 1. The molecule has 0 radical (unpaired) electrons. The maximum atomic E-state index is 10.9. The minimum absolute atomic E-state index is 0.0441. The van der Waals surface area contributed by atoms with Crippen molar-refractivity contribution in [3.8, 4) is 23.1 Å². The Hall–Kier alpha value is -4.03. The highest BCUT2D eigenvalue weighted by Crippen LogP contribution is 2.28. The van der Waals surface area contributed by atoms with E-state index in [1.807, 2.05) is 6.07 Å². The third kappa shape index (κ3) is 4.94. The Morgan fingerprint density at radius 3 is 2.74 bits per heavy atom. The number of carboxylic acids is 1. The van der Waals surface area contributed by atoms with Gasteiger partial charge in [-0.3, -0.25) is 0 Å². The van der Waals surface area contributed by atoms with Crippen molar-refractivity contribution in [2.24, 2.45) is 0 Å². The van der Waals surface area contributed by atoms with E-state index in [0.29, 0.717) is 41.9 Å². The Morgan fingerprint density at radius 1 is 1.19 bits per heavy atom. The summed E-state index contributed by atoms with van der Waals surface area (Å²) in [6.45, 7) is 1.33. The molecular weight excluding hydrogens is 398 g/mol. The van der Waals surface area contributed by atoms with E-state index >= 15 is 0 Å². The van der Waals surface area contributed by atoms with Gasteiger partial charge in [-0.15, -0.1) is 0 Å². The molecule has 0 atom stereocenters. The molecule has 3 aromatic rings. The van der Waals surface area contributed by atoms with Crippen molar-refractivity contribution in [3.05, 3.63) is 60.0 Å². The average molecular weight is 417 g/mol. The van der Waals surface area contributed by atoms with Crippen LogP contribution in [0.3, 0.4) is 0 Å². The molecule has 4 rings (SSSR count). The molecule has 0 aliphatic carbocycles. The van der Waals surface area contributed by atoms with Gasteiger partial charge in [0.05, 0.1) is 36.4 Å². The number of nitrogens with zero attached hydrogens (tertiary/aromatic N) is 4. The SMILES string of the molecule is N#Cc1cc(-c2ccnc(Nc3ccc(C(=O)O)nc3)n2)ccc1OC1CCOCC1. The van der Waals surface area contributed by atoms with Crippen LogP contribution in [0.1, 0.15) is 28.9 Å². The van der Waals surface area contributed by atoms with E-state index < -0.39 is 5.97 Å². The topological polar surface area (TPSA) is 130 Å². The molecule has 9 heteroatoms. The average Bonchev–Trinajstić information content (AvgIpc) is 2.80. The molecule has 9 nitrogen and oxygen atoms in total. The first kappa shape index (κ1) is 20.3.